The van der Waals surface area contributed by atoms with Crippen molar-refractivity contribution < 1.29 is 14.6 Å². The quantitative estimate of drug-likeness (QED) is 0.531. The summed E-state index contributed by atoms with van der Waals surface area (Å²) in [6.45, 7) is 7.05. The van der Waals surface area contributed by atoms with Gasteiger partial charge in [0.2, 0.25) is 0 Å². The van der Waals surface area contributed by atoms with Gasteiger partial charge in [-0.25, -0.2) is 0 Å². The Morgan fingerprint density at radius 1 is 1.32 bits per heavy atom. The highest BCUT2D eigenvalue weighted by molar-refractivity contribution is 5.28. The third-order valence-electron chi connectivity index (χ3n) is 3.13. The summed E-state index contributed by atoms with van der Waals surface area (Å²) in [6.07, 6.45) is 4.59. The molecule has 0 spiro atoms. The molecule has 0 saturated heterocycles. The molecule has 0 aromatic heterocycles. The molecule has 0 fully saturated rings. The van der Waals surface area contributed by atoms with E-state index in [4.69, 9.17) is 15.9 Å². The van der Waals surface area contributed by atoms with Crippen LogP contribution < -0.4 is 4.74 Å². The van der Waals surface area contributed by atoms with Crippen LogP contribution in [-0.2, 0) is 11.3 Å². The fourth-order valence-corrected chi connectivity index (χ4v) is 2.35. The van der Waals surface area contributed by atoms with Crippen molar-refractivity contribution in [2.45, 2.75) is 26.5 Å². The second-order valence-corrected chi connectivity index (χ2v) is 5.81. The van der Waals surface area contributed by atoms with Crippen LogP contribution >= 0.6 is 0 Å². The van der Waals surface area contributed by atoms with Crippen molar-refractivity contribution in [3.63, 3.8) is 0 Å². The molecule has 0 amide bonds. The van der Waals surface area contributed by atoms with E-state index in [2.05, 4.69) is 30.7 Å². The minimum Gasteiger partial charge on any atom is -0.497 e. The lowest BCUT2D eigenvalue weighted by Crippen LogP contribution is -2.36. The van der Waals surface area contributed by atoms with Crippen LogP contribution in [0.25, 0.3) is 0 Å². The van der Waals surface area contributed by atoms with E-state index in [9.17, 15) is 5.11 Å². The average Bonchev–Trinajstić information content (AvgIpc) is 2.47. The monoisotopic (exact) mass is 305 g/mol. The number of aliphatic hydroxyl groups excluding tert-OH is 1. The highest BCUT2D eigenvalue weighted by Gasteiger charge is 2.14. The smallest absolute Gasteiger partial charge is 0.119 e. The van der Waals surface area contributed by atoms with E-state index < -0.39 is 6.10 Å². The van der Waals surface area contributed by atoms with Gasteiger partial charge in [0.1, 0.15) is 12.4 Å². The maximum Gasteiger partial charge on any atom is 0.119 e. The number of nitrogens with zero attached hydrogens (tertiary/aromatic N) is 1. The lowest BCUT2D eigenvalue weighted by atomic mass is 10.1. The van der Waals surface area contributed by atoms with Gasteiger partial charge in [0, 0.05) is 19.6 Å². The van der Waals surface area contributed by atoms with Crippen LogP contribution in [0.2, 0.25) is 0 Å². The van der Waals surface area contributed by atoms with Gasteiger partial charge in [-0.05, 0) is 23.6 Å². The summed E-state index contributed by atoms with van der Waals surface area (Å²) in [6, 6.07) is 8.00. The molecular formula is C18H27NO3. The van der Waals surface area contributed by atoms with E-state index in [-0.39, 0.29) is 13.2 Å². The van der Waals surface area contributed by atoms with Gasteiger partial charge < -0.3 is 14.6 Å². The van der Waals surface area contributed by atoms with E-state index in [1.54, 1.807) is 7.11 Å². The van der Waals surface area contributed by atoms with Crippen molar-refractivity contribution in [1.82, 2.24) is 4.90 Å². The Labute approximate surface area is 134 Å². The molecule has 4 heteroatoms. The molecule has 0 bridgehead atoms. The van der Waals surface area contributed by atoms with E-state index in [0.717, 1.165) is 24.4 Å². The molecule has 0 aliphatic rings. The molecule has 1 rings (SSSR count). The average molecular weight is 305 g/mol. The number of hydrogen-bond donors (Lipinski definition) is 1. The largest absolute Gasteiger partial charge is 0.497 e. The topological polar surface area (TPSA) is 41.9 Å². The zero-order valence-corrected chi connectivity index (χ0v) is 13.8. The lowest BCUT2D eigenvalue weighted by Gasteiger charge is -2.26. The molecule has 22 heavy (non-hydrogen) atoms. The lowest BCUT2D eigenvalue weighted by molar-refractivity contribution is 0.0238. The fraction of sp³-hybridized carbons (Fsp3) is 0.556. The Morgan fingerprint density at radius 2 is 2.09 bits per heavy atom. The maximum absolute atomic E-state index is 10.1. The van der Waals surface area contributed by atoms with Gasteiger partial charge in [-0.1, -0.05) is 31.9 Å². The molecule has 1 aromatic rings. The second kappa shape index (κ2) is 10.2. The Bertz CT molecular complexity index is 468. The zero-order chi connectivity index (χ0) is 16.4. The Kier molecular flexibility index (Phi) is 8.61. The Balaban J connectivity index is 2.61. The first-order valence-electron chi connectivity index (χ1n) is 7.59. The second-order valence-electron chi connectivity index (χ2n) is 5.81. The molecule has 0 aliphatic carbocycles. The summed E-state index contributed by atoms with van der Waals surface area (Å²) in [5.41, 5.74) is 1.16. The first-order valence-corrected chi connectivity index (χ1v) is 7.59. The summed E-state index contributed by atoms with van der Waals surface area (Å²) in [4.78, 5) is 2.23. The molecule has 0 heterocycles. The van der Waals surface area contributed by atoms with Crippen molar-refractivity contribution in [2.75, 3.05) is 33.4 Å². The highest BCUT2D eigenvalue weighted by Crippen LogP contribution is 2.15. The summed E-state index contributed by atoms with van der Waals surface area (Å²) in [5, 5.41) is 10.1. The minimum absolute atomic E-state index is 0.233. The van der Waals surface area contributed by atoms with Gasteiger partial charge in [-0.2, -0.15) is 0 Å². The zero-order valence-electron chi connectivity index (χ0n) is 13.8. The van der Waals surface area contributed by atoms with Crippen LogP contribution in [-0.4, -0.2) is 49.5 Å². The summed E-state index contributed by atoms with van der Waals surface area (Å²) in [7, 11) is 1.66. The Hall–Kier alpha value is -1.54. The van der Waals surface area contributed by atoms with Crippen molar-refractivity contribution in [1.29, 1.82) is 0 Å². The molecule has 1 N–H and O–H groups in total. The SMILES string of the molecule is C#CCOC[C@@H](O)CN(Cc1cccc(OC)c1)CC(C)C. The van der Waals surface area contributed by atoms with Gasteiger partial charge in [-0.3, -0.25) is 4.90 Å². The number of aliphatic hydroxyl groups is 1. The summed E-state index contributed by atoms with van der Waals surface area (Å²) < 4.78 is 10.5. The standard InChI is InChI=1S/C18H27NO3/c1-5-9-22-14-17(20)13-19(11-15(2)3)12-16-7-6-8-18(10-16)21-4/h1,6-8,10,15,17,20H,9,11-14H2,2-4H3/t17-/m0/s1. The number of methoxy groups -OCH3 is 1. The molecule has 0 saturated carbocycles. The van der Waals surface area contributed by atoms with Crippen molar-refractivity contribution in [3.8, 4) is 18.1 Å². The van der Waals surface area contributed by atoms with E-state index in [1.165, 1.54) is 0 Å². The Morgan fingerprint density at radius 3 is 2.73 bits per heavy atom. The first kappa shape index (κ1) is 18.5. The maximum atomic E-state index is 10.1. The van der Waals surface area contributed by atoms with Crippen LogP contribution in [0.1, 0.15) is 19.4 Å². The molecule has 122 valence electrons. The third kappa shape index (κ3) is 7.46. The van der Waals surface area contributed by atoms with Crippen LogP contribution in [0, 0.1) is 18.3 Å². The fourth-order valence-electron chi connectivity index (χ4n) is 2.35. The first-order chi connectivity index (χ1) is 10.5. The molecule has 0 unspecified atom stereocenters. The summed E-state index contributed by atoms with van der Waals surface area (Å²) >= 11 is 0. The van der Waals surface area contributed by atoms with Gasteiger partial charge in [0.05, 0.1) is 19.8 Å². The molecule has 0 radical (unpaired) electrons. The number of ether oxygens (including phenoxy) is 2. The van der Waals surface area contributed by atoms with Crippen molar-refractivity contribution >= 4 is 0 Å². The van der Waals surface area contributed by atoms with Crippen molar-refractivity contribution in [3.05, 3.63) is 29.8 Å². The minimum atomic E-state index is -0.544. The highest BCUT2D eigenvalue weighted by atomic mass is 16.5. The molecule has 1 atom stereocenters. The molecule has 1 aromatic carbocycles. The number of benzene rings is 1. The molecule has 0 aliphatic heterocycles. The normalized spacial score (nSPS) is 12.4. The summed E-state index contributed by atoms with van der Waals surface area (Å²) in [5.74, 6) is 3.77. The van der Waals surface area contributed by atoms with Gasteiger partial charge in [0.15, 0.2) is 0 Å². The van der Waals surface area contributed by atoms with E-state index in [0.29, 0.717) is 12.5 Å². The van der Waals surface area contributed by atoms with Crippen LogP contribution in [0.4, 0.5) is 0 Å². The van der Waals surface area contributed by atoms with Crippen LogP contribution in [0.5, 0.6) is 5.75 Å². The van der Waals surface area contributed by atoms with Gasteiger partial charge in [0.25, 0.3) is 0 Å². The predicted molar refractivity (Wildman–Crippen MR) is 88.8 cm³/mol. The van der Waals surface area contributed by atoms with E-state index in [1.807, 2.05) is 18.2 Å². The predicted octanol–water partition coefficient (Wildman–Crippen LogP) is 2.16. The van der Waals surface area contributed by atoms with Crippen LogP contribution in [0.15, 0.2) is 24.3 Å². The van der Waals surface area contributed by atoms with Gasteiger partial charge >= 0.3 is 0 Å². The number of hydrogen-bond acceptors (Lipinski definition) is 4. The number of terminal acetylenes is 1. The van der Waals surface area contributed by atoms with E-state index >= 15 is 0 Å². The van der Waals surface area contributed by atoms with Gasteiger partial charge in [-0.15, -0.1) is 6.42 Å². The van der Waals surface area contributed by atoms with Crippen molar-refractivity contribution in [2.24, 2.45) is 5.92 Å². The van der Waals surface area contributed by atoms with Crippen LogP contribution in [0.3, 0.4) is 0 Å². The third-order valence-corrected chi connectivity index (χ3v) is 3.13. The number of rotatable bonds is 10. The molecule has 4 nitrogen and oxygen atoms in total. The molecular weight excluding hydrogens is 278 g/mol.